The van der Waals surface area contributed by atoms with Gasteiger partial charge >= 0.3 is 5.97 Å². The zero-order valence-corrected chi connectivity index (χ0v) is 14.9. The van der Waals surface area contributed by atoms with Gasteiger partial charge in [0.15, 0.2) is 0 Å². The molecule has 0 saturated carbocycles. The average molecular weight is 285 g/mol. The van der Waals surface area contributed by atoms with Gasteiger partial charge in [-0.25, -0.2) is 4.79 Å². The van der Waals surface area contributed by atoms with E-state index in [0.29, 0.717) is 11.1 Å². The van der Waals surface area contributed by atoms with Gasteiger partial charge in [0.2, 0.25) is 0 Å². The zero-order chi connectivity index (χ0) is 15.3. The molecule has 0 bridgehead atoms. The Morgan fingerprint density at radius 1 is 1.21 bits per heavy atom. The molecule has 0 N–H and O–H groups in total. The summed E-state index contributed by atoms with van der Waals surface area (Å²) in [5.74, 6) is -0.242. The number of rotatable bonds is 8. The maximum Gasteiger partial charge on any atom is 0.316 e. The second-order valence-corrected chi connectivity index (χ2v) is 11.4. The minimum atomic E-state index is -2.23. The highest BCUT2D eigenvalue weighted by Crippen LogP contribution is 2.55. The van der Waals surface area contributed by atoms with Crippen LogP contribution < -0.4 is 0 Å². The molecule has 0 aliphatic heterocycles. The molecule has 0 radical (unpaired) electrons. The lowest BCUT2D eigenvalue weighted by atomic mass is 10.1. The predicted octanol–water partition coefficient (Wildman–Crippen LogP) is 5.45. The molecule has 0 spiro atoms. The third-order valence-electron chi connectivity index (χ3n) is 5.07. The first kappa shape index (κ1) is 18.4. The number of hydrogen-bond donors (Lipinski definition) is 0. The van der Waals surface area contributed by atoms with E-state index in [1.807, 2.05) is 0 Å². The maximum absolute atomic E-state index is 11.9. The largest absolute Gasteiger partial charge is 0.515 e. The highest BCUT2D eigenvalue weighted by Gasteiger charge is 2.57. The van der Waals surface area contributed by atoms with Crippen LogP contribution in [-0.4, -0.2) is 14.3 Å². The van der Waals surface area contributed by atoms with E-state index in [4.69, 9.17) is 4.43 Å². The molecule has 2 nitrogen and oxygen atoms in total. The Morgan fingerprint density at radius 2 is 1.63 bits per heavy atom. The standard InChI is InChI=1S/C16H32O2Si/c1-9-13(5)19(14(6)10-2,16(7,8)12-4)18-15(17)11-3/h11,13-14H,3,9-10,12H2,1-2,4-8H3. The summed E-state index contributed by atoms with van der Waals surface area (Å²) in [6.07, 6.45) is 4.48. The summed E-state index contributed by atoms with van der Waals surface area (Å²) < 4.78 is 6.13. The smallest absolute Gasteiger partial charge is 0.316 e. The topological polar surface area (TPSA) is 26.3 Å². The molecular formula is C16H32O2Si. The van der Waals surface area contributed by atoms with Crippen molar-refractivity contribution in [3.8, 4) is 0 Å². The van der Waals surface area contributed by atoms with Crippen LogP contribution in [0.4, 0.5) is 0 Å². The Kier molecular flexibility index (Phi) is 7.05. The van der Waals surface area contributed by atoms with Crippen LogP contribution in [0, 0.1) is 0 Å². The Labute approximate surface area is 120 Å². The molecule has 19 heavy (non-hydrogen) atoms. The Balaban J connectivity index is 5.85. The van der Waals surface area contributed by atoms with E-state index >= 15 is 0 Å². The van der Waals surface area contributed by atoms with Crippen LogP contribution in [0.3, 0.4) is 0 Å². The highest BCUT2D eigenvalue weighted by molar-refractivity contribution is 6.80. The highest BCUT2D eigenvalue weighted by atomic mass is 28.4. The lowest BCUT2D eigenvalue weighted by Gasteiger charge is -2.50. The normalized spacial score (nSPS) is 18.3. The van der Waals surface area contributed by atoms with Gasteiger partial charge in [-0.05, 0) is 16.1 Å². The Morgan fingerprint density at radius 3 is 1.89 bits per heavy atom. The summed E-state index contributed by atoms with van der Waals surface area (Å²) >= 11 is 0. The molecule has 112 valence electrons. The van der Waals surface area contributed by atoms with Crippen molar-refractivity contribution in [2.75, 3.05) is 0 Å². The van der Waals surface area contributed by atoms with Gasteiger partial charge < -0.3 is 4.43 Å². The molecule has 0 amide bonds. The monoisotopic (exact) mass is 284 g/mol. The fraction of sp³-hybridized carbons (Fsp3) is 0.812. The fourth-order valence-corrected chi connectivity index (χ4v) is 9.75. The zero-order valence-electron chi connectivity index (χ0n) is 13.9. The van der Waals surface area contributed by atoms with E-state index < -0.39 is 8.32 Å². The van der Waals surface area contributed by atoms with Crippen molar-refractivity contribution < 1.29 is 9.22 Å². The van der Waals surface area contributed by atoms with Crippen LogP contribution in [0.2, 0.25) is 16.1 Å². The van der Waals surface area contributed by atoms with Crippen LogP contribution in [0.25, 0.3) is 0 Å². The SMILES string of the molecule is C=CC(=O)O[Si](C(C)CC)(C(C)CC)C(C)(C)CC. The van der Waals surface area contributed by atoms with Crippen LogP contribution >= 0.6 is 0 Å². The first-order valence-electron chi connectivity index (χ1n) is 7.58. The first-order valence-corrected chi connectivity index (χ1v) is 9.65. The molecule has 3 heteroatoms. The van der Waals surface area contributed by atoms with Gasteiger partial charge in [0, 0.05) is 6.08 Å². The van der Waals surface area contributed by atoms with E-state index in [-0.39, 0.29) is 11.0 Å². The molecule has 0 heterocycles. The summed E-state index contributed by atoms with van der Waals surface area (Å²) in [5.41, 5.74) is 0.919. The van der Waals surface area contributed by atoms with Crippen molar-refractivity contribution in [3.63, 3.8) is 0 Å². The number of carbonyl (C=O) groups is 1. The molecule has 0 fully saturated rings. The molecule has 0 aromatic rings. The van der Waals surface area contributed by atoms with Crippen molar-refractivity contribution in [1.82, 2.24) is 0 Å². The minimum absolute atomic E-state index is 0.0799. The maximum atomic E-state index is 11.9. The summed E-state index contributed by atoms with van der Waals surface area (Å²) in [7, 11) is -2.23. The minimum Gasteiger partial charge on any atom is -0.515 e. The van der Waals surface area contributed by atoms with Gasteiger partial charge in [-0.3, -0.25) is 0 Å². The first-order chi connectivity index (χ1) is 8.73. The number of carbonyl (C=O) groups excluding carboxylic acids is 1. The van der Waals surface area contributed by atoms with E-state index in [0.717, 1.165) is 19.3 Å². The van der Waals surface area contributed by atoms with Crippen LogP contribution in [0.1, 0.15) is 67.7 Å². The van der Waals surface area contributed by atoms with Crippen LogP contribution in [0.5, 0.6) is 0 Å². The Bertz CT molecular complexity index is 300. The molecule has 2 atom stereocenters. The van der Waals surface area contributed by atoms with E-state index in [1.54, 1.807) is 0 Å². The van der Waals surface area contributed by atoms with Gasteiger partial charge in [0.1, 0.15) is 0 Å². The van der Waals surface area contributed by atoms with Crippen LogP contribution in [-0.2, 0) is 9.22 Å². The van der Waals surface area contributed by atoms with Crippen molar-refractivity contribution >= 4 is 14.3 Å². The summed E-state index contributed by atoms with van der Waals surface area (Å²) in [4.78, 5) is 11.9. The van der Waals surface area contributed by atoms with Crippen molar-refractivity contribution in [2.24, 2.45) is 0 Å². The van der Waals surface area contributed by atoms with Crippen LogP contribution in [0.15, 0.2) is 12.7 Å². The van der Waals surface area contributed by atoms with Crippen molar-refractivity contribution in [1.29, 1.82) is 0 Å². The molecule has 0 aromatic heterocycles. The third-order valence-corrected chi connectivity index (χ3v) is 11.8. The summed E-state index contributed by atoms with van der Waals surface area (Å²) in [6.45, 7) is 19.2. The van der Waals surface area contributed by atoms with Crippen molar-refractivity contribution in [2.45, 2.75) is 83.8 Å². The molecule has 0 aliphatic rings. The molecule has 0 aliphatic carbocycles. The lowest BCUT2D eigenvalue weighted by Crippen LogP contribution is -2.55. The second-order valence-electron chi connectivity index (χ2n) is 6.27. The molecular weight excluding hydrogens is 252 g/mol. The molecule has 0 aromatic carbocycles. The third kappa shape index (κ3) is 3.50. The second kappa shape index (κ2) is 7.27. The molecule has 2 unspecified atom stereocenters. The van der Waals surface area contributed by atoms with Gasteiger partial charge in [-0.1, -0.05) is 74.3 Å². The number of hydrogen-bond acceptors (Lipinski definition) is 2. The van der Waals surface area contributed by atoms with Gasteiger partial charge in [0.05, 0.1) is 0 Å². The Hall–Kier alpha value is -0.573. The van der Waals surface area contributed by atoms with E-state index in [1.165, 1.54) is 6.08 Å². The van der Waals surface area contributed by atoms with Gasteiger partial charge in [-0.15, -0.1) is 0 Å². The average Bonchev–Trinajstić information content (AvgIpc) is 2.42. The molecule has 0 rings (SSSR count). The van der Waals surface area contributed by atoms with Gasteiger partial charge in [-0.2, -0.15) is 0 Å². The summed E-state index contributed by atoms with van der Waals surface area (Å²) in [5, 5.41) is 0.0799. The molecule has 0 saturated heterocycles. The van der Waals surface area contributed by atoms with E-state index in [2.05, 4.69) is 55.0 Å². The fourth-order valence-electron chi connectivity index (χ4n) is 3.25. The van der Waals surface area contributed by atoms with E-state index in [9.17, 15) is 4.79 Å². The van der Waals surface area contributed by atoms with Crippen molar-refractivity contribution in [3.05, 3.63) is 12.7 Å². The lowest BCUT2D eigenvalue weighted by molar-refractivity contribution is -0.130. The summed E-state index contributed by atoms with van der Waals surface area (Å²) in [6, 6.07) is 0. The quantitative estimate of drug-likeness (QED) is 0.437. The van der Waals surface area contributed by atoms with Gasteiger partial charge in [0.25, 0.3) is 8.32 Å². The predicted molar refractivity (Wildman–Crippen MR) is 85.8 cm³/mol.